The maximum atomic E-state index is 6.18. The highest BCUT2D eigenvalue weighted by atomic mass is 35.5. The van der Waals surface area contributed by atoms with Crippen molar-refractivity contribution in [1.82, 2.24) is 0 Å². The molecule has 1 saturated heterocycles. The third kappa shape index (κ3) is 2.69. The molecule has 0 unspecified atom stereocenters. The first-order valence-corrected chi connectivity index (χ1v) is 6.16. The normalized spacial score (nSPS) is 17.8. The standard InChI is InChI=1S/C13H17ClNO/c1-2-16-11-7-9-15(10-8-11)13-6-4-3-5-12(13)14/h3-6H,2,7-10H2,1H3. The molecule has 1 aliphatic rings. The zero-order chi connectivity index (χ0) is 11.4. The van der Waals surface area contributed by atoms with Gasteiger partial charge in [-0.1, -0.05) is 23.7 Å². The van der Waals surface area contributed by atoms with Gasteiger partial charge in [-0.05, 0) is 31.9 Å². The Hall–Kier alpha value is -0.730. The van der Waals surface area contributed by atoms with Crippen molar-refractivity contribution in [1.29, 1.82) is 0 Å². The Balaban J connectivity index is 1.96. The summed E-state index contributed by atoms with van der Waals surface area (Å²) < 4.78 is 5.55. The number of hydrogen-bond donors (Lipinski definition) is 0. The third-order valence-electron chi connectivity index (χ3n) is 2.86. The summed E-state index contributed by atoms with van der Waals surface area (Å²) in [5, 5.41) is 0.836. The van der Waals surface area contributed by atoms with Gasteiger partial charge >= 0.3 is 0 Å². The SMILES string of the molecule is CCO[C]1CCN(c2ccccc2Cl)CC1. The van der Waals surface area contributed by atoms with Crippen molar-refractivity contribution in [2.45, 2.75) is 19.8 Å². The quantitative estimate of drug-likeness (QED) is 0.799. The Labute approximate surface area is 102 Å². The first kappa shape index (κ1) is 11.7. The molecule has 0 aliphatic carbocycles. The van der Waals surface area contributed by atoms with Crippen molar-refractivity contribution in [2.75, 3.05) is 24.6 Å². The second-order valence-corrected chi connectivity index (χ2v) is 4.32. The molecular weight excluding hydrogens is 222 g/mol. The lowest BCUT2D eigenvalue weighted by Gasteiger charge is -2.33. The van der Waals surface area contributed by atoms with Gasteiger partial charge in [-0.25, -0.2) is 0 Å². The maximum Gasteiger partial charge on any atom is 0.101 e. The minimum atomic E-state index is 0.779. The lowest BCUT2D eigenvalue weighted by molar-refractivity contribution is 0.133. The minimum absolute atomic E-state index is 0.779. The Morgan fingerprint density at radius 3 is 2.56 bits per heavy atom. The molecule has 0 aromatic heterocycles. The molecule has 0 saturated carbocycles. The van der Waals surface area contributed by atoms with Gasteiger partial charge in [0, 0.05) is 19.7 Å². The summed E-state index contributed by atoms with van der Waals surface area (Å²) in [6, 6.07) is 8.02. The van der Waals surface area contributed by atoms with E-state index < -0.39 is 0 Å². The van der Waals surface area contributed by atoms with Gasteiger partial charge in [0.2, 0.25) is 0 Å². The first-order chi connectivity index (χ1) is 7.81. The van der Waals surface area contributed by atoms with Crippen molar-refractivity contribution in [3.63, 3.8) is 0 Å². The third-order valence-corrected chi connectivity index (χ3v) is 3.18. The largest absolute Gasteiger partial charge is 0.372 e. The fourth-order valence-electron chi connectivity index (χ4n) is 2.05. The monoisotopic (exact) mass is 238 g/mol. The van der Waals surface area contributed by atoms with Crippen LogP contribution in [0.15, 0.2) is 24.3 Å². The molecule has 0 N–H and O–H groups in total. The number of anilines is 1. The molecule has 0 bridgehead atoms. The molecule has 1 heterocycles. The average Bonchev–Trinajstić information content (AvgIpc) is 2.31. The summed E-state index contributed by atoms with van der Waals surface area (Å²) >= 11 is 6.18. The molecule has 1 fully saturated rings. The summed E-state index contributed by atoms with van der Waals surface area (Å²) in [5.41, 5.74) is 1.14. The molecule has 1 aromatic rings. The highest BCUT2D eigenvalue weighted by molar-refractivity contribution is 6.33. The number of halogens is 1. The second-order valence-electron chi connectivity index (χ2n) is 3.91. The van der Waals surface area contributed by atoms with E-state index in [2.05, 4.69) is 11.0 Å². The van der Waals surface area contributed by atoms with Crippen LogP contribution in [-0.4, -0.2) is 19.7 Å². The van der Waals surface area contributed by atoms with E-state index in [4.69, 9.17) is 16.3 Å². The minimum Gasteiger partial charge on any atom is -0.372 e. The topological polar surface area (TPSA) is 12.5 Å². The van der Waals surface area contributed by atoms with Crippen LogP contribution in [0.2, 0.25) is 5.02 Å². The summed E-state index contributed by atoms with van der Waals surface area (Å²) in [5.74, 6) is 0. The highest BCUT2D eigenvalue weighted by Gasteiger charge is 2.21. The van der Waals surface area contributed by atoms with Crippen LogP contribution in [0.4, 0.5) is 5.69 Å². The molecule has 1 radical (unpaired) electrons. The molecule has 0 amide bonds. The Bertz CT molecular complexity index is 334. The number of para-hydroxylation sites is 1. The van der Waals surface area contributed by atoms with Gasteiger partial charge in [-0.3, -0.25) is 0 Å². The number of benzene rings is 1. The predicted molar refractivity (Wildman–Crippen MR) is 67.8 cm³/mol. The van der Waals surface area contributed by atoms with E-state index in [9.17, 15) is 0 Å². The number of rotatable bonds is 3. The molecular formula is C13H17ClNO. The predicted octanol–water partition coefficient (Wildman–Crippen LogP) is 3.51. The molecule has 87 valence electrons. The van der Waals surface area contributed by atoms with E-state index in [1.165, 1.54) is 6.10 Å². The Morgan fingerprint density at radius 2 is 1.94 bits per heavy atom. The molecule has 2 rings (SSSR count). The molecule has 1 aliphatic heterocycles. The van der Waals surface area contributed by atoms with Crippen molar-refractivity contribution in [3.05, 3.63) is 35.4 Å². The lowest BCUT2D eigenvalue weighted by Crippen LogP contribution is -2.33. The van der Waals surface area contributed by atoms with Crippen LogP contribution in [-0.2, 0) is 4.74 Å². The van der Waals surface area contributed by atoms with Gasteiger partial charge in [0.05, 0.1) is 10.7 Å². The van der Waals surface area contributed by atoms with Crippen molar-refractivity contribution in [2.24, 2.45) is 0 Å². The van der Waals surface area contributed by atoms with E-state index in [0.717, 1.165) is 43.2 Å². The zero-order valence-electron chi connectivity index (χ0n) is 9.58. The smallest absolute Gasteiger partial charge is 0.101 e. The molecule has 0 spiro atoms. The van der Waals surface area contributed by atoms with Gasteiger partial charge in [-0.2, -0.15) is 0 Å². The average molecular weight is 239 g/mol. The van der Waals surface area contributed by atoms with Crippen LogP contribution in [0.25, 0.3) is 0 Å². The Morgan fingerprint density at radius 1 is 1.25 bits per heavy atom. The van der Waals surface area contributed by atoms with Gasteiger partial charge in [-0.15, -0.1) is 0 Å². The lowest BCUT2D eigenvalue weighted by atomic mass is 10.1. The van der Waals surface area contributed by atoms with Gasteiger partial charge in [0.1, 0.15) is 6.10 Å². The molecule has 2 nitrogen and oxygen atoms in total. The maximum absolute atomic E-state index is 6.18. The fraction of sp³-hybridized carbons (Fsp3) is 0.462. The van der Waals surface area contributed by atoms with Crippen LogP contribution < -0.4 is 4.90 Å². The Kier molecular flexibility index (Phi) is 4.08. The van der Waals surface area contributed by atoms with Crippen LogP contribution in [0.5, 0.6) is 0 Å². The van der Waals surface area contributed by atoms with Crippen LogP contribution in [0, 0.1) is 6.10 Å². The van der Waals surface area contributed by atoms with E-state index in [1.54, 1.807) is 0 Å². The van der Waals surface area contributed by atoms with Crippen LogP contribution >= 0.6 is 11.6 Å². The number of ether oxygens (including phenoxy) is 1. The summed E-state index contributed by atoms with van der Waals surface area (Å²) in [7, 11) is 0. The van der Waals surface area contributed by atoms with Gasteiger partial charge in [0.25, 0.3) is 0 Å². The zero-order valence-corrected chi connectivity index (χ0v) is 10.3. The van der Waals surface area contributed by atoms with Crippen LogP contribution in [0.1, 0.15) is 19.8 Å². The van der Waals surface area contributed by atoms with E-state index >= 15 is 0 Å². The van der Waals surface area contributed by atoms with Gasteiger partial charge < -0.3 is 9.64 Å². The first-order valence-electron chi connectivity index (χ1n) is 5.78. The fourth-order valence-corrected chi connectivity index (χ4v) is 2.31. The van der Waals surface area contributed by atoms with E-state index in [-0.39, 0.29) is 0 Å². The number of piperidine rings is 1. The molecule has 0 atom stereocenters. The van der Waals surface area contributed by atoms with Crippen molar-refractivity contribution in [3.8, 4) is 0 Å². The summed E-state index contributed by atoms with van der Waals surface area (Å²) in [6.45, 7) is 4.81. The molecule has 16 heavy (non-hydrogen) atoms. The number of nitrogens with zero attached hydrogens (tertiary/aromatic N) is 1. The molecule has 3 heteroatoms. The molecule has 1 aromatic carbocycles. The van der Waals surface area contributed by atoms with Crippen molar-refractivity contribution >= 4 is 17.3 Å². The van der Waals surface area contributed by atoms with E-state index in [1.807, 2.05) is 25.1 Å². The van der Waals surface area contributed by atoms with E-state index in [0.29, 0.717) is 0 Å². The summed E-state index contributed by atoms with van der Waals surface area (Å²) in [6.07, 6.45) is 3.25. The highest BCUT2D eigenvalue weighted by Crippen LogP contribution is 2.30. The summed E-state index contributed by atoms with van der Waals surface area (Å²) in [4.78, 5) is 2.32. The van der Waals surface area contributed by atoms with Crippen LogP contribution in [0.3, 0.4) is 0 Å². The van der Waals surface area contributed by atoms with Crippen molar-refractivity contribution < 1.29 is 4.74 Å². The second kappa shape index (κ2) is 5.55. The van der Waals surface area contributed by atoms with Gasteiger partial charge in [0.15, 0.2) is 0 Å². The number of hydrogen-bond acceptors (Lipinski definition) is 2.